The summed E-state index contributed by atoms with van der Waals surface area (Å²) in [4.78, 5) is 23.3. The van der Waals surface area contributed by atoms with Crippen LogP contribution in [-0.2, 0) is 9.53 Å². The zero-order valence-corrected chi connectivity index (χ0v) is 14.2. The minimum atomic E-state index is -0.517. The number of carbonyl (C=O) groups is 2. The SMILES string of the molecule is CCCOc1ccccc1/C=C/C(=O)Oc1ccc(C(=O)OC)cc1. The molecular weight excluding hydrogens is 320 g/mol. The van der Waals surface area contributed by atoms with Crippen LogP contribution in [0.1, 0.15) is 29.3 Å². The van der Waals surface area contributed by atoms with Crippen LogP contribution in [0.4, 0.5) is 0 Å². The van der Waals surface area contributed by atoms with Crippen molar-refractivity contribution in [2.75, 3.05) is 13.7 Å². The first kappa shape index (κ1) is 18.3. The quantitative estimate of drug-likeness (QED) is 0.435. The first-order valence-electron chi connectivity index (χ1n) is 7.94. The fraction of sp³-hybridized carbons (Fsp3) is 0.200. The summed E-state index contributed by atoms with van der Waals surface area (Å²) in [5, 5.41) is 0. The minimum Gasteiger partial charge on any atom is -0.493 e. The molecule has 0 atom stereocenters. The molecule has 0 unspecified atom stereocenters. The largest absolute Gasteiger partial charge is 0.493 e. The second kappa shape index (κ2) is 9.27. The monoisotopic (exact) mass is 340 g/mol. The van der Waals surface area contributed by atoms with Crippen molar-refractivity contribution in [2.45, 2.75) is 13.3 Å². The maximum absolute atomic E-state index is 11.9. The number of methoxy groups -OCH3 is 1. The number of hydrogen-bond acceptors (Lipinski definition) is 5. The van der Waals surface area contributed by atoms with E-state index >= 15 is 0 Å². The molecule has 5 heteroatoms. The van der Waals surface area contributed by atoms with Crippen LogP contribution in [-0.4, -0.2) is 25.7 Å². The van der Waals surface area contributed by atoms with Crippen molar-refractivity contribution in [2.24, 2.45) is 0 Å². The van der Waals surface area contributed by atoms with Crippen LogP contribution >= 0.6 is 0 Å². The molecule has 0 fully saturated rings. The smallest absolute Gasteiger partial charge is 0.337 e. The first-order chi connectivity index (χ1) is 12.1. The number of ether oxygens (including phenoxy) is 3. The van der Waals surface area contributed by atoms with Gasteiger partial charge < -0.3 is 14.2 Å². The zero-order chi connectivity index (χ0) is 18.1. The Labute approximate surface area is 146 Å². The van der Waals surface area contributed by atoms with Gasteiger partial charge in [0.2, 0.25) is 0 Å². The van der Waals surface area contributed by atoms with E-state index in [2.05, 4.69) is 4.74 Å². The molecule has 2 aromatic carbocycles. The molecule has 0 N–H and O–H groups in total. The number of benzene rings is 2. The molecule has 0 bridgehead atoms. The zero-order valence-electron chi connectivity index (χ0n) is 14.2. The number of para-hydroxylation sites is 1. The summed E-state index contributed by atoms with van der Waals surface area (Å²) in [7, 11) is 1.31. The van der Waals surface area contributed by atoms with Crippen LogP contribution in [0.3, 0.4) is 0 Å². The summed E-state index contributed by atoms with van der Waals surface area (Å²) < 4.78 is 15.5. The second-order valence-electron chi connectivity index (χ2n) is 5.16. The van der Waals surface area contributed by atoms with E-state index in [-0.39, 0.29) is 0 Å². The molecule has 0 radical (unpaired) electrons. The Morgan fingerprint density at radius 1 is 1.04 bits per heavy atom. The lowest BCUT2D eigenvalue weighted by molar-refractivity contribution is -0.128. The van der Waals surface area contributed by atoms with Crippen LogP contribution in [0.5, 0.6) is 11.5 Å². The maximum Gasteiger partial charge on any atom is 0.337 e. The Hall–Kier alpha value is -3.08. The molecule has 0 saturated carbocycles. The average Bonchev–Trinajstić information content (AvgIpc) is 2.65. The molecule has 0 amide bonds. The van der Waals surface area contributed by atoms with Gasteiger partial charge in [-0.3, -0.25) is 0 Å². The molecule has 0 saturated heterocycles. The summed E-state index contributed by atoms with van der Waals surface area (Å²) in [6, 6.07) is 13.6. The third kappa shape index (κ3) is 5.49. The van der Waals surface area contributed by atoms with Crippen molar-refractivity contribution in [3.05, 3.63) is 65.7 Å². The Morgan fingerprint density at radius 3 is 2.44 bits per heavy atom. The van der Waals surface area contributed by atoms with Crippen LogP contribution < -0.4 is 9.47 Å². The van der Waals surface area contributed by atoms with Crippen molar-refractivity contribution < 1.29 is 23.8 Å². The third-order valence-electron chi connectivity index (χ3n) is 3.27. The number of rotatable bonds is 7. The Balaban J connectivity index is 2.00. The molecule has 0 aliphatic rings. The fourth-order valence-electron chi connectivity index (χ4n) is 2.05. The molecule has 0 aliphatic heterocycles. The van der Waals surface area contributed by atoms with E-state index < -0.39 is 11.9 Å². The van der Waals surface area contributed by atoms with Gasteiger partial charge in [-0.25, -0.2) is 9.59 Å². The number of esters is 2. The standard InChI is InChI=1S/C20H20O5/c1-3-14-24-18-7-5-4-6-15(18)10-13-19(21)25-17-11-8-16(9-12-17)20(22)23-2/h4-13H,3,14H2,1-2H3/b13-10+. The van der Waals surface area contributed by atoms with E-state index in [9.17, 15) is 9.59 Å². The van der Waals surface area contributed by atoms with Crippen molar-refractivity contribution in [1.82, 2.24) is 0 Å². The topological polar surface area (TPSA) is 61.8 Å². The van der Waals surface area contributed by atoms with Crippen molar-refractivity contribution in [3.8, 4) is 11.5 Å². The highest BCUT2D eigenvalue weighted by molar-refractivity contribution is 5.90. The van der Waals surface area contributed by atoms with E-state index in [4.69, 9.17) is 9.47 Å². The first-order valence-corrected chi connectivity index (χ1v) is 7.94. The van der Waals surface area contributed by atoms with Gasteiger partial charge in [-0.2, -0.15) is 0 Å². The third-order valence-corrected chi connectivity index (χ3v) is 3.27. The van der Waals surface area contributed by atoms with E-state index in [1.165, 1.54) is 37.5 Å². The summed E-state index contributed by atoms with van der Waals surface area (Å²) >= 11 is 0. The molecular formula is C20H20O5. The van der Waals surface area contributed by atoms with Crippen LogP contribution in [0.2, 0.25) is 0 Å². The molecule has 2 aromatic rings. The molecule has 0 spiro atoms. The second-order valence-corrected chi connectivity index (χ2v) is 5.16. The molecule has 5 nitrogen and oxygen atoms in total. The van der Waals surface area contributed by atoms with E-state index in [1.807, 2.05) is 31.2 Å². The lowest BCUT2D eigenvalue weighted by atomic mass is 10.2. The Bertz CT molecular complexity index is 747. The maximum atomic E-state index is 11.9. The summed E-state index contributed by atoms with van der Waals surface area (Å²) in [5.74, 6) is 0.103. The predicted octanol–water partition coefficient (Wildman–Crippen LogP) is 3.88. The van der Waals surface area contributed by atoms with Gasteiger partial charge in [-0.05, 0) is 42.8 Å². The highest BCUT2D eigenvalue weighted by Crippen LogP contribution is 2.20. The van der Waals surface area contributed by atoms with Crippen molar-refractivity contribution in [3.63, 3.8) is 0 Å². The summed E-state index contributed by atoms with van der Waals surface area (Å²) in [6.07, 6.45) is 3.89. The van der Waals surface area contributed by atoms with Gasteiger partial charge in [0.25, 0.3) is 0 Å². The molecule has 25 heavy (non-hydrogen) atoms. The van der Waals surface area contributed by atoms with Crippen LogP contribution in [0.25, 0.3) is 6.08 Å². The van der Waals surface area contributed by atoms with Gasteiger partial charge in [-0.1, -0.05) is 25.1 Å². The highest BCUT2D eigenvalue weighted by atomic mass is 16.5. The molecule has 0 aliphatic carbocycles. The van der Waals surface area contributed by atoms with Gasteiger partial charge in [0, 0.05) is 11.6 Å². The average molecular weight is 340 g/mol. The van der Waals surface area contributed by atoms with Gasteiger partial charge in [0.1, 0.15) is 11.5 Å². The molecule has 2 rings (SSSR count). The van der Waals surface area contributed by atoms with Crippen molar-refractivity contribution in [1.29, 1.82) is 0 Å². The highest BCUT2D eigenvalue weighted by Gasteiger charge is 2.07. The van der Waals surface area contributed by atoms with Gasteiger partial charge in [0.15, 0.2) is 0 Å². The van der Waals surface area contributed by atoms with E-state index in [1.54, 1.807) is 6.08 Å². The molecule has 0 aromatic heterocycles. The van der Waals surface area contributed by atoms with Gasteiger partial charge in [-0.15, -0.1) is 0 Å². The summed E-state index contributed by atoms with van der Waals surface area (Å²) in [5.41, 5.74) is 1.19. The lowest BCUT2D eigenvalue weighted by Gasteiger charge is -2.07. The number of hydrogen-bond donors (Lipinski definition) is 0. The van der Waals surface area contributed by atoms with Crippen LogP contribution in [0.15, 0.2) is 54.6 Å². The van der Waals surface area contributed by atoms with E-state index in [0.29, 0.717) is 17.9 Å². The Kier molecular flexibility index (Phi) is 6.77. The Morgan fingerprint density at radius 2 is 1.76 bits per heavy atom. The lowest BCUT2D eigenvalue weighted by Crippen LogP contribution is -2.05. The van der Waals surface area contributed by atoms with Gasteiger partial charge in [0.05, 0.1) is 19.3 Å². The van der Waals surface area contributed by atoms with Crippen LogP contribution in [0, 0.1) is 0 Å². The summed E-state index contributed by atoms with van der Waals surface area (Å²) in [6.45, 7) is 2.64. The predicted molar refractivity (Wildman–Crippen MR) is 94.7 cm³/mol. The van der Waals surface area contributed by atoms with Crippen molar-refractivity contribution >= 4 is 18.0 Å². The minimum absolute atomic E-state index is 0.345. The fourth-order valence-corrected chi connectivity index (χ4v) is 2.05. The van der Waals surface area contributed by atoms with E-state index in [0.717, 1.165) is 17.7 Å². The van der Waals surface area contributed by atoms with Gasteiger partial charge >= 0.3 is 11.9 Å². The molecule has 130 valence electrons. The number of carbonyl (C=O) groups excluding carboxylic acids is 2. The normalized spacial score (nSPS) is 10.5. The molecule has 0 heterocycles.